The molecule has 0 amide bonds. The summed E-state index contributed by atoms with van der Waals surface area (Å²) in [5.74, 6) is 0. The fraction of sp³-hybridized carbons (Fsp3) is 0.238. The van der Waals surface area contributed by atoms with Gasteiger partial charge in [0.1, 0.15) is 0 Å². The molecule has 0 saturated carbocycles. The molecular formula is C21H21N3. The van der Waals surface area contributed by atoms with Crippen molar-refractivity contribution in [3.05, 3.63) is 76.1 Å². The van der Waals surface area contributed by atoms with Crippen molar-refractivity contribution in [1.29, 1.82) is 5.26 Å². The molecule has 0 radical (unpaired) electrons. The quantitative estimate of drug-likeness (QED) is 0.702. The Hall–Kier alpha value is -2.86. The largest absolute Gasteiger partial charge is 0.265 e. The number of aryl methyl sites for hydroxylation is 3. The van der Waals surface area contributed by atoms with Crippen molar-refractivity contribution < 1.29 is 0 Å². The summed E-state index contributed by atoms with van der Waals surface area (Å²) in [6, 6.07) is 16.7. The maximum absolute atomic E-state index is 9.11. The average Bonchev–Trinajstić information content (AvgIpc) is 2.81. The van der Waals surface area contributed by atoms with Crippen molar-refractivity contribution in [3.63, 3.8) is 0 Å². The summed E-state index contributed by atoms with van der Waals surface area (Å²) in [4.78, 5) is 0. The van der Waals surface area contributed by atoms with E-state index >= 15 is 0 Å². The van der Waals surface area contributed by atoms with Crippen molar-refractivity contribution in [2.75, 3.05) is 0 Å². The number of rotatable bonds is 3. The first kappa shape index (κ1) is 16.0. The maximum Gasteiger partial charge on any atom is 0.0994 e. The van der Waals surface area contributed by atoms with Gasteiger partial charge in [-0.3, -0.25) is 4.68 Å². The Kier molecular flexibility index (Phi) is 4.22. The third-order valence-electron chi connectivity index (χ3n) is 4.43. The standard InChI is InChI=1S/C21H21N3/c1-14-6-5-7-18(10-14)13-24-17(4)21(16(3)23-24)19-8-9-20(12-22)15(2)11-19/h5-11H,13H2,1-4H3. The number of aromatic nitrogens is 2. The van der Waals surface area contributed by atoms with Crippen LogP contribution in [0.5, 0.6) is 0 Å². The highest BCUT2D eigenvalue weighted by atomic mass is 15.3. The third-order valence-corrected chi connectivity index (χ3v) is 4.43. The van der Waals surface area contributed by atoms with Gasteiger partial charge in [-0.05, 0) is 56.5 Å². The van der Waals surface area contributed by atoms with E-state index in [2.05, 4.69) is 54.9 Å². The zero-order valence-electron chi connectivity index (χ0n) is 14.6. The molecular weight excluding hydrogens is 294 g/mol. The van der Waals surface area contributed by atoms with Gasteiger partial charge in [-0.15, -0.1) is 0 Å². The van der Waals surface area contributed by atoms with E-state index in [1.807, 2.05) is 26.0 Å². The van der Waals surface area contributed by atoms with Crippen LogP contribution in [0.3, 0.4) is 0 Å². The molecule has 0 atom stereocenters. The van der Waals surface area contributed by atoms with Gasteiger partial charge in [0.25, 0.3) is 0 Å². The minimum atomic E-state index is 0.723. The molecule has 120 valence electrons. The first-order valence-electron chi connectivity index (χ1n) is 8.10. The van der Waals surface area contributed by atoms with Gasteiger partial charge in [0.05, 0.1) is 23.9 Å². The Morgan fingerprint density at radius 3 is 2.50 bits per heavy atom. The first-order valence-corrected chi connectivity index (χ1v) is 8.10. The van der Waals surface area contributed by atoms with Crippen LogP contribution in [0.1, 0.15) is 33.6 Å². The van der Waals surface area contributed by atoms with Crippen molar-refractivity contribution in [1.82, 2.24) is 9.78 Å². The Labute approximate surface area is 143 Å². The normalized spacial score (nSPS) is 10.6. The van der Waals surface area contributed by atoms with Gasteiger partial charge in [-0.25, -0.2) is 0 Å². The van der Waals surface area contributed by atoms with Crippen molar-refractivity contribution in [3.8, 4) is 17.2 Å². The van der Waals surface area contributed by atoms with E-state index in [0.717, 1.165) is 40.2 Å². The van der Waals surface area contributed by atoms with Gasteiger partial charge in [-0.2, -0.15) is 10.4 Å². The highest BCUT2D eigenvalue weighted by Gasteiger charge is 2.14. The van der Waals surface area contributed by atoms with Crippen LogP contribution in [0, 0.1) is 39.0 Å². The van der Waals surface area contributed by atoms with E-state index < -0.39 is 0 Å². The summed E-state index contributed by atoms with van der Waals surface area (Å²) < 4.78 is 2.06. The molecule has 0 N–H and O–H groups in total. The van der Waals surface area contributed by atoms with E-state index in [9.17, 15) is 0 Å². The zero-order valence-corrected chi connectivity index (χ0v) is 14.6. The lowest BCUT2D eigenvalue weighted by Gasteiger charge is -2.08. The lowest BCUT2D eigenvalue weighted by atomic mass is 9.99. The molecule has 24 heavy (non-hydrogen) atoms. The Balaban J connectivity index is 2.01. The predicted octanol–water partition coefficient (Wildman–Crippen LogP) is 4.70. The summed E-state index contributed by atoms with van der Waals surface area (Å²) in [5, 5.41) is 13.8. The molecule has 3 aromatic rings. The molecule has 0 bridgehead atoms. The molecule has 3 heteroatoms. The molecule has 0 saturated heterocycles. The van der Waals surface area contributed by atoms with Crippen LogP contribution in [0.25, 0.3) is 11.1 Å². The average molecular weight is 315 g/mol. The predicted molar refractivity (Wildman–Crippen MR) is 96.9 cm³/mol. The minimum absolute atomic E-state index is 0.723. The van der Waals surface area contributed by atoms with Gasteiger partial charge in [0.2, 0.25) is 0 Å². The summed E-state index contributed by atoms with van der Waals surface area (Å²) in [5.41, 5.74) is 8.69. The molecule has 0 unspecified atom stereocenters. The second-order valence-corrected chi connectivity index (χ2v) is 6.33. The Bertz CT molecular complexity index is 942. The molecule has 3 nitrogen and oxygen atoms in total. The van der Waals surface area contributed by atoms with Crippen LogP contribution in [-0.4, -0.2) is 9.78 Å². The number of nitriles is 1. The van der Waals surface area contributed by atoms with Crippen LogP contribution in [-0.2, 0) is 6.54 Å². The van der Waals surface area contributed by atoms with Gasteiger partial charge in [0, 0.05) is 11.3 Å². The van der Waals surface area contributed by atoms with E-state index in [1.54, 1.807) is 0 Å². The fourth-order valence-electron chi connectivity index (χ4n) is 3.20. The fourth-order valence-corrected chi connectivity index (χ4v) is 3.20. The van der Waals surface area contributed by atoms with Crippen LogP contribution >= 0.6 is 0 Å². The van der Waals surface area contributed by atoms with Crippen molar-refractivity contribution in [2.24, 2.45) is 0 Å². The van der Waals surface area contributed by atoms with Gasteiger partial charge in [0.15, 0.2) is 0 Å². The lowest BCUT2D eigenvalue weighted by molar-refractivity contribution is 0.659. The maximum atomic E-state index is 9.11. The number of hydrogen-bond acceptors (Lipinski definition) is 2. The third kappa shape index (κ3) is 2.96. The van der Waals surface area contributed by atoms with E-state index in [4.69, 9.17) is 10.4 Å². The van der Waals surface area contributed by atoms with Crippen molar-refractivity contribution in [2.45, 2.75) is 34.2 Å². The molecule has 0 spiro atoms. The summed E-state index contributed by atoms with van der Waals surface area (Å²) in [6.07, 6.45) is 0. The summed E-state index contributed by atoms with van der Waals surface area (Å²) >= 11 is 0. The van der Waals surface area contributed by atoms with Gasteiger partial charge >= 0.3 is 0 Å². The summed E-state index contributed by atoms with van der Waals surface area (Å²) in [6.45, 7) is 9.00. The van der Waals surface area contributed by atoms with E-state index in [0.29, 0.717) is 0 Å². The molecule has 1 heterocycles. The number of hydrogen-bond donors (Lipinski definition) is 0. The lowest BCUT2D eigenvalue weighted by Crippen LogP contribution is -2.04. The number of nitrogens with zero attached hydrogens (tertiary/aromatic N) is 3. The summed E-state index contributed by atoms with van der Waals surface area (Å²) in [7, 11) is 0. The smallest absolute Gasteiger partial charge is 0.0994 e. The van der Waals surface area contributed by atoms with Crippen molar-refractivity contribution >= 4 is 0 Å². The van der Waals surface area contributed by atoms with E-state index in [-0.39, 0.29) is 0 Å². The van der Waals surface area contributed by atoms with Crippen LogP contribution in [0.15, 0.2) is 42.5 Å². The monoisotopic (exact) mass is 315 g/mol. The molecule has 3 rings (SSSR count). The van der Waals surface area contributed by atoms with Gasteiger partial charge < -0.3 is 0 Å². The van der Waals surface area contributed by atoms with Crippen LogP contribution < -0.4 is 0 Å². The van der Waals surface area contributed by atoms with E-state index in [1.165, 1.54) is 11.1 Å². The Morgan fingerprint density at radius 2 is 1.83 bits per heavy atom. The van der Waals surface area contributed by atoms with Crippen LogP contribution in [0.2, 0.25) is 0 Å². The second kappa shape index (κ2) is 6.33. The molecule has 0 fully saturated rings. The zero-order chi connectivity index (χ0) is 17.3. The molecule has 0 aliphatic carbocycles. The first-order chi connectivity index (χ1) is 11.5. The van der Waals surface area contributed by atoms with Crippen LogP contribution in [0.4, 0.5) is 0 Å². The second-order valence-electron chi connectivity index (χ2n) is 6.33. The highest BCUT2D eigenvalue weighted by Crippen LogP contribution is 2.29. The SMILES string of the molecule is Cc1cccc(Cn2nc(C)c(-c3ccc(C#N)c(C)c3)c2C)c1. The molecule has 0 aliphatic rings. The molecule has 2 aromatic carbocycles. The molecule has 1 aromatic heterocycles. The molecule has 0 aliphatic heterocycles. The van der Waals surface area contributed by atoms with Gasteiger partial charge in [-0.1, -0.05) is 35.9 Å². The highest BCUT2D eigenvalue weighted by molar-refractivity contribution is 5.70. The number of benzene rings is 2. The minimum Gasteiger partial charge on any atom is -0.265 e. The Morgan fingerprint density at radius 1 is 1.04 bits per heavy atom. The topological polar surface area (TPSA) is 41.6 Å².